The van der Waals surface area contributed by atoms with Gasteiger partial charge in [0.05, 0.1) is 26.1 Å². The Hall–Kier alpha value is -0.620. The molecule has 0 aliphatic rings. The molecular weight excluding hydrogens is 480 g/mol. The molecule has 0 fully saturated rings. The van der Waals surface area contributed by atoms with Gasteiger partial charge in [0, 0.05) is 11.5 Å². The summed E-state index contributed by atoms with van der Waals surface area (Å²) in [7, 11) is 0. The summed E-state index contributed by atoms with van der Waals surface area (Å²) in [6.45, 7) is 5.41. The molecule has 0 heterocycles. The van der Waals surface area contributed by atoms with E-state index in [1.807, 2.05) is 13.8 Å². The Labute approximate surface area is 195 Å². The molecule has 0 aliphatic carbocycles. The second kappa shape index (κ2) is 16.1. The minimum atomic E-state index is -1.34. The van der Waals surface area contributed by atoms with Crippen LogP contribution in [0.25, 0.3) is 0 Å². The summed E-state index contributed by atoms with van der Waals surface area (Å²) in [5.41, 5.74) is -1.34. The van der Waals surface area contributed by atoms with E-state index in [2.05, 4.69) is 0 Å². The van der Waals surface area contributed by atoms with E-state index in [4.69, 9.17) is 55.0 Å². The molecule has 0 aromatic carbocycles. The van der Waals surface area contributed by atoms with Gasteiger partial charge >= 0.3 is 11.9 Å². The summed E-state index contributed by atoms with van der Waals surface area (Å²) in [6, 6.07) is 0. The number of halogens is 1. The maximum atomic E-state index is 11.8. The normalized spacial score (nSPS) is 10.8. The zero-order chi connectivity index (χ0) is 22.3. The minimum Gasteiger partial charge on any atom is -0.479 e. The quantitative estimate of drug-likeness (QED) is 0.209. The van der Waals surface area contributed by atoms with Crippen LogP contribution >= 0.6 is 59.6 Å². The fourth-order valence-electron chi connectivity index (χ4n) is 1.53. The number of carbonyl (C=O) groups excluding carboxylic acids is 3. The molecule has 0 saturated carbocycles. The zero-order valence-corrected chi connectivity index (χ0v) is 20.5. The van der Waals surface area contributed by atoms with Crippen molar-refractivity contribution in [2.75, 3.05) is 37.9 Å². The molecule has 0 saturated heterocycles. The molecule has 0 aromatic heterocycles. The van der Waals surface area contributed by atoms with Crippen molar-refractivity contribution in [2.24, 2.45) is 5.41 Å². The predicted molar refractivity (Wildman–Crippen MR) is 123 cm³/mol. The van der Waals surface area contributed by atoms with Crippen LogP contribution in [-0.4, -0.2) is 63.9 Å². The van der Waals surface area contributed by atoms with E-state index in [0.29, 0.717) is 33.5 Å². The highest BCUT2D eigenvalue weighted by Crippen LogP contribution is 2.22. The maximum absolute atomic E-state index is 11.8. The van der Waals surface area contributed by atoms with Crippen LogP contribution in [0.5, 0.6) is 0 Å². The number of ether oxygens (including phenoxy) is 4. The van der Waals surface area contributed by atoms with Gasteiger partial charge in [-0.05, 0) is 56.8 Å². The number of hydrogen-bond donors (Lipinski definition) is 0. The average molecular weight is 505 g/mol. The van der Waals surface area contributed by atoms with Gasteiger partial charge in [-0.2, -0.15) is 0 Å². The van der Waals surface area contributed by atoms with Gasteiger partial charge in [0.1, 0.15) is 18.6 Å². The van der Waals surface area contributed by atoms with Crippen molar-refractivity contribution < 1.29 is 33.3 Å². The van der Waals surface area contributed by atoms with Crippen LogP contribution in [0.3, 0.4) is 0 Å². The Kier molecular flexibility index (Phi) is 15.8. The monoisotopic (exact) mass is 504 g/mol. The van der Waals surface area contributed by atoms with Gasteiger partial charge in [-0.3, -0.25) is 14.4 Å². The first-order valence-electron chi connectivity index (χ1n) is 8.74. The largest absolute Gasteiger partial charge is 0.479 e. The van der Waals surface area contributed by atoms with E-state index in [0.717, 1.165) is 0 Å². The molecule has 166 valence electrons. The van der Waals surface area contributed by atoms with Gasteiger partial charge in [0.25, 0.3) is 0 Å². The lowest BCUT2D eigenvalue weighted by Crippen LogP contribution is -2.36. The summed E-state index contributed by atoms with van der Waals surface area (Å²) in [4.78, 5) is 35.4. The van der Waals surface area contributed by atoms with Gasteiger partial charge < -0.3 is 18.9 Å². The van der Waals surface area contributed by atoms with E-state index in [-0.39, 0.29) is 26.1 Å². The van der Waals surface area contributed by atoms with E-state index in [1.54, 1.807) is 0 Å². The molecule has 0 atom stereocenters. The topological polar surface area (TPSA) is 88.1 Å². The van der Waals surface area contributed by atoms with Crippen LogP contribution < -0.4 is 0 Å². The lowest BCUT2D eigenvalue weighted by Gasteiger charge is -2.24. The van der Waals surface area contributed by atoms with Gasteiger partial charge in [0.15, 0.2) is 0 Å². The van der Waals surface area contributed by atoms with E-state index in [9.17, 15) is 14.4 Å². The highest BCUT2D eigenvalue weighted by molar-refractivity contribution is 8.22. The van der Waals surface area contributed by atoms with Crippen LogP contribution in [0.2, 0.25) is 0 Å². The Balaban J connectivity index is 4.29. The van der Waals surface area contributed by atoms with Crippen LogP contribution in [0.15, 0.2) is 0 Å². The second-order valence-corrected chi connectivity index (χ2v) is 9.46. The van der Waals surface area contributed by atoms with E-state index < -0.39 is 22.6 Å². The predicted octanol–water partition coefficient (Wildman–Crippen LogP) is 3.73. The van der Waals surface area contributed by atoms with Crippen molar-refractivity contribution in [1.29, 1.82) is 0 Å². The summed E-state index contributed by atoms with van der Waals surface area (Å²) in [5.74, 6) is -0.264. The van der Waals surface area contributed by atoms with Gasteiger partial charge in [-0.25, -0.2) is 0 Å². The van der Waals surface area contributed by atoms with Gasteiger partial charge in [-0.1, -0.05) is 23.5 Å². The molecule has 12 heteroatoms. The molecule has 0 aromatic rings. The Morgan fingerprint density at radius 1 is 0.828 bits per heavy atom. The molecule has 0 aliphatic heterocycles. The van der Waals surface area contributed by atoms with Crippen LogP contribution in [-0.2, 0) is 33.3 Å². The van der Waals surface area contributed by atoms with E-state index >= 15 is 0 Å². The maximum Gasteiger partial charge on any atom is 0.306 e. The van der Waals surface area contributed by atoms with Crippen molar-refractivity contribution >= 4 is 85.5 Å². The van der Waals surface area contributed by atoms with Crippen molar-refractivity contribution in [2.45, 2.75) is 33.6 Å². The minimum absolute atomic E-state index is 0.0845. The number of esters is 2. The SMILES string of the molecule is CCOC(=S)SCCC(=O)OCC(C)(COC(=O)CCSC(=S)OCC)C(=O)Cl. The summed E-state index contributed by atoms with van der Waals surface area (Å²) < 4.78 is 21.1. The molecule has 0 N–H and O–H groups in total. The van der Waals surface area contributed by atoms with Crippen molar-refractivity contribution in [3.05, 3.63) is 0 Å². The second-order valence-electron chi connectivity index (χ2n) is 5.72. The highest BCUT2D eigenvalue weighted by Gasteiger charge is 2.35. The zero-order valence-electron chi connectivity index (χ0n) is 16.5. The molecule has 7 nitrogen and oxygen atoms in total. The third kappa shape index (κ3) is 14.1. The standard InChI is InChI=1S/C17H25ClO7S4/c1-4-22-15(26)28-8-6-12(19)24-10-17(3,14(18)21)11-25-13(20)7-9-29-16(27)23-5-2/h4-11H2,1-3H3. The Morgan fingerprint density at radius 3 is 1.52 bits per heavy atom. The van der Waals surface area contributed by atoms with Crippen LogP contribution in [0.1, 0.15) is 33.6 Å². The molecule has 0 amide bonds. The molecule has 0 spiro atoms. The number of carbonyl (C=O) groups is 3. The van der Waals surface area contributed by atoms with Gasteiger partial charge in [-0.15, -0.1) is 0 Å². The molecule has 0 unspecified atom stereocenters. The number of thioether (sulfide) groups is 2. The third-order valence-electron chi connectivity index (χ3n) is 3.15. The van der Waals surface area contributed by atoms with Gasteiger partial charge in [0.2, 0.25) is 14.0 Å². The van der Waals surface area contributed by atoms with Crippen LogP contribution in [0.4, 0.5) is 0 Å². The van der Waals surface area contributed by atoms with E-state index in [1.165, 1.54) is 30.4 Å². The summed E-state index contributed by atoms with van der Waals surface area (Å²) in [5, 5.41) is -0.767. The third-order valence-corrected chi connectivity index (χ3v) is 6.08. The fourth-order valence-corrected chi connectivity index (χ4v) is 3.65. The van der Waals surface area contributed by atoms with Crippen molar-refractivity contribution in [3.63, 3.8) is 0 Å². The lowest BCUT2D eigenvalue weighted by atomic mass is 9.95. The molecule has 0 radical (unpaired) electrons. The summed E-state index contributed by atoms with van der Waals surface area (Å²) in [6.07, 6.45) is 0.169. The smallest absolute Gasteiger partial charge is 0.306 e. The summed E-state index contributed by atoms with van der Waals surface area (Å²) >= 11 is 17.9. The molecular formula is C17H25ClO7S4. The first-order valence-corrected chi connectivity index (χ1v) is 11.9. The Bertz CT molecular complexity index is 546. The first-order chi connectivity index (χ1) is 13.6. The fraction of sp³-hybridized carbons (Fsp3) is 0.706. The Morgan fingerprint density at radius 2 is 1.21 bits per heavy atom. The lowest BCUT2D eigenvalue weighted by molar-refractivity contribution is -0.154. The highest BCUT2D eigenvalue weighted by atomic mass is 35.5. The van der Waals surface area contributed by atoms with Crippen molar-refractivity contribution in [1.82, 2.24) is 0 Å². The molecule has 0 bridgehead atoms. The van der Waals surface area contributed by atoms with Crippen molar-refractivity contribution in [3.8, 4) is 0 Å². The number of hydrogen-bond acceptors (Lipinski definition) is 11. The number of rotatable bonds is 13. The first kappa shape index (κ1) is 28.4. The van der Waals surface area contributed by atoms with Crippen LogP contribution in [0, 0.1) is 5.41 Å². The molecule has 29 heavy (non-hydrogen) atoms. The average Bonchev–Trinajstić information content (AvgIpc) is 2.65. The number of thiocarbonyl (C=S) groups is 2. The molecule has 0 rings (SSSR count).